The molecular weight excluding hydrogens is 498 g/mol. The van der Waals surface area contributed by atoms with Crippen LogP contribution in [0.4, 0.5) is 13.2 Å². The number of ether oxygens (including phenoxy) is 1. The lowest BCUT2D eigenvalue weighted by Gasteiger charge is -2.51. The molecule has 0 heterocycles. The highest BCUT2D eigenvalue weighted by atomic mass is 28.5. The number of carboxylic acid groups (broad SMARTS) is 1. The van der Waals surface area contributed by atoms with Gasteiger partial charge in [0, 0.05) is 12.2 Å². The Balaban J connectivity index is 7.15. The van der Waals surface area contributed by atoms with Gasteiger partial charge in [0.15, 0.2) is 21.9 Å². The van der Waals surface area contributed by atoms with Crippen molar-refractivity contribution in [3.63, 3.8) is 0 Å². The van der Waals surface area contributed by atoms with Gasteiger partial charge in [0.2, 0.25) is 0 Å². The fourth-order valence-electron chi connectivity index (χ4n) is 3.24. The molecule has 1 unspecified atom stereocenters. The van der Waals surface area contributed by atoms with Crippen molar-refractivity contribution < 1.29 is 44.9 Å². The third-order valence-electron chi connectivity index (χ3n) is 3.67. The van der Waals surface area contributed by atoms with Gasteiger partial charge in [-0.25, -0.2) is 9.59 Å². The van der Waals surface area contributed by atoms with E-state index in [4.69, 9.17) is 22.2 Å². The zero-order chi connectivity index (χ0) is 25.8. The largest absolute Gasteiger partial charge is 0.515 e. The standard InChI is InChI=1S/C18H37F3O7Si4/c1-16(2,3)12-17(13-18(19,20)21,25-15(24)11-10-14(22)23)32(26-29,27-30(4,5)6)28-31(7,8)9/h10-11H,12-13H2,1-9,29H3,(H,22,23). The first kappa shape index (κ1) is 31.2. The fraction of sp³-hybridized carbons (Fsp3) is 0.778. The number of hydrogen-bond acceptors (Lipinski definition) is 6. The molecule has 0 saturated heterocycles. The average Bonchev–Trinajstić information content (AvgIpc) is 2.45. The lowest BCUT2D eigenvalue weighted by Crippen LogP contribution is -2.73. The Kier molecular flexibility index (Phi) is 10.4. The number of rotatable bonds is 11. The number of halogens is 3. The van der Waals surface area contributed by atoms with Crippen molar-refractivity contribution in [1.29, 1.82) is 0 Å². The molecule has 0 amide bonds. The number of aliphatic carboxylic acids is 1. The van der Waals surface area contributed by atoms with Crippen LogP contribution >= 0.6 is 0 Å². The van der Waals surface area contributed by atoms with E-state index in [-0.39, 0.29) is 16.9 Å². The maximum Gasteiger partial charge on any atom is 0.515 e. The van der Waals surface area contributed by atoms with E-state index in [1.165, 1.54) is 0 Å². The van der Waals surface area contributed by atoms with Crippen LogP contribution in [0.25, 0.3) is 0 Å². The van der Waals surface area contributed by atoms with Gasteiger partial charge in [0.05, 0.1) is 6.42 Å². The van der Waals surface area contributed by atoms with E-state index < -0.39 is 60.6 Å². The smallest absolute Gasteiger partial charge is 0.478 e. The van der Waals surface area contributed by atoms with E-state index >= 15 is 0 Å². The minimum Gasteiger partial charge on any atom is -0.478 e. The van der Waals surface area contributed by atoms with Crippen molar-refractivity contribution in [2.45, 2.75) is 84.3 Å². The van der Waals surface area contributed by atoms with Gasteiger partial charge >= 0.3 is 26.9 Å². The zero-order valence-corrected chi connectivity index (χ0v) is 25.6. The minimum absolute atomic E-state index is 0.0182. The van der Waals surface area contributed by atoms with Crippen LogP contribution in [0.3, 0.4) is 0 Å². The monoisotopic (exact) mass is 534 g/mol. The molecule has 0 aromatic carbocycles. The Labute approximate surface area is 194 Å². The summed E-state index contributed by atoms with van der Waals surface area (Å²) in [7, 11) is -9.49. The van der Waals surface area contributed by atoms with E-state index in [2.05, 4.69) is 0 Å². The normalized spacial score (nSPS) is 16.2. The van der Waals surface area contributed by atoms with Crippen LogP contribution in [0.15, 0.2) is 12.2 Å². The Morgan fingerprint density at radius 3 is 1.62 bits per heavy atom. The number of esters is 1. The maximum atomic E-state index is 14.0. The lowest BCUT2D eigenvalue weighted by molar-refractivity contribution is -0.190. The zero-order valence-electron chi connectivity index (χ0n) is 20.6. The van der Waals surface area contributed by atoms with Crippen LogP contribution < -0.4 is 0 Å². The second kappa shape index (κ2) is 10.6. The van der Waals surface area contributed by atoms with Gasteiger partial charge in [-0.1, -0.05) is 20.8 Å². The molecule has 7 nitrogen and oxygen atoms in total. The van der Waals surface area contributed by atoms with Gasteiger partial charge in [-0.3, -0.25) is 0 Å². The molecule has 0 aromatic heterocycles. The molecule has 0 saturated carbocycles. The number of carboxylic acids is 1. The number of hydrogen-bond donors (Lipinski definition) is 1. The van der Waals surface area contributed by atoms with Crippen molar-refractivity contribution >= 4 is 47.9 Å². The topological polar surface area (TPSA) is 91.3 Å². The number of carbonyl (C=O) groups is 2. The molecule has 1 atom stereocenters. The predicted molar refractivity (Wildman–Crippen MR) is 126 cm³/mol. The van der Waals surface area contributed by atoms with Crippen molar-refractivity contribution in [1.82, 2.24) is 0 Å². The first-order chi connectivity index (χ1) is 13.9. The molecule has 0 aromatic rings. The molecule has 0 spiro atoms. The van der Waals surface area contributed by atoms with Gasteiger partial charge in [0.1, 0.15) is 10.5 Å². The van der Waals surface area contributed by atoms with E-state index in [0.29, 0.717) is 12.2 Å². The van der Waals surface area contributed by atoms with Crippen LogP contribution in [0.2, 0.25) is 39.3 Å². The SMILES string of the molecule is CC(C)(C)CC(CC(F)(F)F)(OC(=O)C=CC(=O)O)[Si](O[SiH3])(O[Si](C)(C)C)O[Si](C)(C)C. The summed E-state index contributed by atoms with van der Waals surface area (Å²) < 4.78 is 66.1. The van der Waals surface area contributed by atoms with E-state index in [1.807, 2.05) is 0 Å². The highest BCUT2D eigenvalue weighted by molar-refractivity contribution is 6.87. The molecule has 0 radical (unpaired) electrons. The molecule has 0 fully saturated rings. The summed E-state index contributed by atoms with van der Waals surface area (Å²) in [5, 5.41) is 6.54. The average molecular weight is 535 g/mol. The molecule has 32 heavy (non-hydrogen) atoms. The van der Waals surface area contributed by atoms with Crippen LogP contribution in [-0.2, 0) is 26.7 Å². The Morgan fingerprint density at radius 2 is 1.34 bits per heavy atom. The molecule has 0 bridgehead atoms. The van der Waals surface area contributed by atoms with Crippen LogP contribution in [0.1, 0.15) is 33.6 Å². The first-order valence-corrected chi connectivity index (χ1v) is 19.5. The quantitative estimate of drug-likeness (QED) is 0.245. The second-order valence-electron chi connectivity index (χ2n) is 10.8. The molecule has 0 aliphatic carbocycles. The Hall–Kier alpha value is -0.782. The minimum atomic E-state index is -4.74. The van der Waals surface area contributed by atoms with Gasteiger partial charge in [-0.15, -0.1) is 0 Å². The third-order valence-corrected chi connectivity index (χ3v) is 14.4. The first-order valence-electron chi connectivity index (χ1n) is 10.1. The molecule has 188 valence electrons. The molecule has 0 aliphatic heterocycles. The van der Waals surface area contributed by atoms with Crippen LogP contribution in [0.5, 0.6) is 0 Å². The Bertz CT molecular complexity index is 661. The summed E-state index contributed by atoms with van der Waals surface area (Å²) in [6.07, 6.45) is -5.43. The summed E-state index contributed by atoms with van der Waals surface area (Å²) in [4.78, 5) is 23.4. The molecule has 0 rings (SSSR count). The van der Waals surface area contributed by atoms with Gasteiger partial charge in [-0.05, 0) is 51.1 Å². The molecule has 1 N–H and O–H groups in total. The number of alkyl halides is 3. The summed E-state index contributed by atoms with van der Waals surface area (Å²) >= 11 is 0. The summed E-state index contributed by atoms with van der Waals surface area (Å²) in [5.74, 6) is -2.66. The Morgan fingerprint density at radius 1 is 0.906 bits per heavy atom. The van der Waals surface area contributed by atoms with Gasteiger partial charge in [-0.2, -0.15) is 13.2 Å². The fourth-order valence-corrected chi connectivity index (χ4v) is 16.8. The summed E-state index contributed by atoms with van der Waals surface area (Å²) in [6.45, 7) is 15.9. The van der Waals surface area contributed by atoms with E-state index in [9.17, 15) is 22.8 Å². The van der Waals surface area contributed by atoms with Crippen molar-refractivity contribution in [2.75, 3.05) is 0 Å². The maximum absolute atomic E-state index is 14.0. The summed E-state index contributed by atoms with van der Waals surface area (Å²) in [6, 6.07) is 0. The third kappa shape index (κ3) is 11.4. The highest BCUT2D eigenvalue weighted by Crippen LogP contribution is 2.47. The molecule has 0 aliphatic rings. The van der Waals surface area contributed by atoms with E-state index in [0.717, 1.165) is 0 Å². The molecule has 14 heteroatoms. The van der Waals surface area contributed by atoms with Crippen molar-refractivity contribution in [2.24, 2.45) is 5.41 Å². The molecular formula is C18H37F3O7Si4. The van der Waals surface area contributed by atoms with E-state index in [1.54, 1.807) is 60.1 Å². The lowest BCUT2D eigenvalue weighted by atomic mass is 9.87. The second-order valence-corrected chi connectivity index (χ2v) is 24.5. The van der Waals surface area contributed by atoms with Crippen LogP contribution in [-0.4, -0.2) is 64.4 Å². The van der Waals surface area contributed by atoms with Crippen LogP contribution in [0, 0.1) is 5.41 Å². The highest BCUT2D eigenvalue weighted by Gasteiger charge is 2.69. The number of carbonyl (C=O) groups excluding carboxylic acids is 1. The van der Waals surface area contributed by atoms with Gasteiger partial charge in [0.25, 0.3) is 0 Å². The predicted octanol–water partition coefficient (Wildman–Crippen LogP) is 3.78. The van der Waals surface area contributed by atoms with Crippen molar-refractivity contribution in [3.05, 3.63) is 12.2 Å². The van der Waals surface area contributed by atoms with Crippen molar-refractivity contribution in [3.8, 4) is 0 Å². The van der Waals surface area contributed by atoms with Gasteiger partial charge < -0.3 is 22.2 Å². The summed E-state index contributed by atoms with van der Waals surface area (Å²) in [5.41, 5.74) is -0.744.